The fraction of sp³-hybridized carbons (Fsp3) is 0.588. The van der Waals surface area contributed by atoms with Gasteiger partial charge in [-0.3, -0.25) is 4.79 Å². The number of amides is 1. The van der Waals surface area contributed by atoms with E-state index in [4.69, 9.17) is 10.5 Å². The summed E-state index contributed by atoms with van der Waals surface area (Å²) in [4.78, 5) is 12.2. The van der Waals surface area contributed by atoms with Crippen molar-refractivity contribution < 1.29 is 9.53 Å². The molecule has 0 saturated heterocycles. The Bertz CT molecular complexity index is 530. The van der Waals surface area contributed by atoms with Gasteiger partial charge in [0.1, 0.15) is 5.75 Å². The molecule has 21 heavy (non-hydrogen) atoms. The minimum atomic E-state index is -0.0347. The molecule has 3 rings (SSSR count). The first-order valence-corrected chi connectivity index (χ1v) is 7.98. The smallest absolute Gasteiger partial charge is 0.251 e. The molecular weight excluding hydrogens is 264 g/mol. The van der Waals surface area contributed by atoms with Gasteiger partial charge in [-0.05, 0) is 62.1 Å². The molecule has 0 aromatic heterocycles. The molecule has 2 aliphatic rings. The van der Waals surface area contributed by atoms with E-state index in [2.05, 4.69) is 5.32 Å². The molecule has 2 aliphatic carbocycles. The summed E-state index contributed by atoms with van der Waals surface area (Å²) < 4.78 is 5.39. The monoisotopic (exact) mass is 288 g/mol. The highest BCUT2D eigenvalue weighted by Crippen LogP contribution is 2.47. The summed E-state index contributed by atoms with van der Waals surface area (Å²) in [5.74, 6) is 3.03. The van der Waals surface area contributed by atoms with Crippen molar-refractivity contribution in [2.24, 2.45) is 17.8 Å². The SMILES string of the molecule is CCOc1ccc(C(=O)NCC2CC3CCC2C3)cc1N. The second kappa shape index (κ2) is 5.96. The number of carbonyl (C=O) groups is 1. The van der Waals surface area contributed by atoms with Crippen LogP contribution in [0.5, 0.6) is 5.75 Å². The molecule has 3 unspecified atom stereocenters. The van der Waals surface area contributed by atoms with E-state index >= 15 is 0 Å². The minimum absolute atomic E-state index is 0.0347. The molecule has 0 spiro atoms. The van der Waals surface area contributed by atoms with Gasteiger partial charge in [0.2, 0.25) is 0 Å². The third-order valence-electron chi connectivity index (χ3n) is 4.98. The second-order valence-electron chi connectivity index (χ2n) is 6.33. The largest absolute Gasteiger partial charge is 0.492 e. The lowest BCUT2D eigenvalue weighted by atomic mass is 9.89. The first-order valence-electron chi connectivity index (χ1n) is 7.98. The molecule has 0 heterocycles. The van der Waals surface area contributed by atoms with Gasteiger partial charge >= 0.3 is 0 Å². The number of fused-ring (bicyclic) bond motifs is 2. The Kier molecular flexibility index (Phi) is 4.04. The zero-order chi connectivity index (χ0) is 14.8. The number of ether oxygens (including phenoxy) is 1. The van der Waals surface area contributed by atoms with Gasteiger partial charge in [0, 0.05) is 12.1 Å². The van der Waals surface area contributed by atoms with Crippen molar-refractivity contribution in [3.05, 3.63) is 23.8 Å². The van der Waals surface area contributed by atoms with Gasteiger partial charge in [0.25, 0.3) is 5.91 Å². The van der Waals surface area contributed by atoms with Crippen LogP contribution in [0.25, 0.3) is 0 Å². The quantitative estimate of drug-likeness (QED) is 0.819. The third-order valence-corrected chi connectivity index (χ3v) is 4.98. The Hall–Kier alpha value is -1.71. The maximum atomic E-state index is 12.2. The van der Waals surface area contributed by atoms with E-state index in [1.165, 1.54) is 25.7 Å². The van der Waals surface area contributed by atoms with E-state index in [9.17, 15) is 4.79 Å². The number of hydrogen-bond donors (Lipinski definition) is 2. The van der Waals surface area contributed by atoms with Crippen LogP contribution in [0.2, 0.25) is 0 Å². The highest BCUT2D eigenvalue weighted by atomic mass is 16.5. The summed E-state index contributed by atoms with van der Waals surface area (Å²) >= 11 is 0. The van der Waals surface area contributed by atoms with Gasteiger partial charge in [-0.15, -0.1) is 0 Å². The standard InChI is InChI=1S/C17H24N2O2/c1-2-21-16-6-5-13(9-15(16)18)17(20)19-10-14-8-11-3-4-12(14)7-11/h5-6,9,11-12,14H,2-4,7-8,10,18H2,1H3,(H,19,20). The van der Waals surface area contributed by atoms with Gasteiger partial charge in [-0.1, -0.05) is 6.42 Å². The lowest BCUT2D eigenvalue weighted by molar-refractivity contribution is 0.0942. The highest BCUT2D eigenvalue weighted by molar-refractivity contribution is 5.95. The maximum Gasteiger partial charge on any atom is 0.251 e. The predicted octanol–water partition coefficient (Wildman–Crippen LogP) is 2.83. The summed E-state index contributed by atoms with van der Waals surface area (Å²) in [6.07, 6.45) is 5.40. The Labute approximate surface area is 126 Å². The molecule has 4 heteroatoms. The van der Waals surface area contributed by atoms with Crippen molar-refractivity contribution in [3.8, 4) is 5.75 Å². The summed E-state index contributed by atoms with van der Waals surface area (Å²) in [6.45, 7) is 3.28. The van der Waals surface area contributed by atoms with Crippen LogP contribution < -0.4 is 15.8 Å². The minimum Gasteiger partial charge on any atom is -0.492 e. The Balaban J connectivity index is 1.56. The van der Waals surface area contributed by atoms with E-state index in [0.29, 0.717) is 29.5 Å². The number of hydrogen-bond acceptors (Lipinski definition) is 3. The van der Waals surface area contributed by atoms with Gasteiger partial charge < -0.3 is 15.8 Å². The fourth-order valence-electron chi connectivity index (χ4n) is 3.93. The van der Waals surface area contributed by atoms with E-state index in [1.807, 2.05) is 6.92 Å². The van der Waals surface area contributed by atoms with Crippen molar-refractivity contribution in [2.75, 3.05) is 18.9 Å². The Morgan fingerprint density at radius 1 is 1.38 bits per heavy atom. The van der Waals surface area contributed by atoms with Gasteiger partial charge in [0.05, 0.1) is 12.3 Å². The average molecular weight is 288 g/mol. The van der Waals surface area contributed by atoms with Gasteiger partial charge in [-0.25, -0.2) is 0 Å². The predicted molar refractivity (Wildman–Crippen MR) is 83.3 cm³/mol. The van der Waals surface area contributed by atoms with Crippen LogP contribution in [0.3, 0.4) is 0 Å². The molecule has 3 N–H and O–H groups in total. The lowest BCUT2D eigenvalue weighted by Crippen LogP contribution is -2.31. The van der Waals surface area contributed by atoms with Crippen molar-refractivity contribution in [1.29, 1.82) is 0 Å². The zero-order valence-corrected chi connectivity index (χ0v) is 12.6. The summed E-state index contributed by atoms with van der Waals surface area (Å²) in [7, 11) is 0. The number of benzene rings is 1. The van der Waals surface area contributed by atoms with Crippen LogP contribution in [-0.2, 0) is 0 Å². The van der Waals surface area contributed by atoms with Crippen LogP contribution in [-0.4, -0.2) is 19.1 Å². The molecule has 0 aliphatic heterocycles. The highest BCUT2D eigenvalue weighted by Gasteiger charge is 2.39. The van der Waals surface area contributed by atoms with Gasteiger partial charge in [-0.2, -0.15) is 0 Å². The summed E-state index contributed by atoms with van der Waals surface area (Å²) in [6, 6.07) is 5.24. The molecule has 1 aromatic rings. The molecule has 2 saturated carbocycles. The molecule has 1 amide bonds. The van der Waals surface area contributed by atoms with E-state index < -0.39 is 0 Å². The second-order valence-corrected chi connectivity index (χ2v) is 6.33. The van der Waals surface area contributed by atoms with Crippen LogP contribution in [0.1, 0.15) is 43.0 Å². The summed E-state index contributed by atoms with van der Waals surface area (Å²) in [5.41, 5.74) is 7.04. The Morgan fingerprint density at radius 3 is 2.86 bits per heavy atom. The first kappa shape index (κ1) is 14.2. The number of rotatable bonds is 5. The topological polar surface area (TPSA) is 64.3 Å². The van der Waals surface area contributed by atoms with Crippen LogP contribution in [0.15, 0.2) is 18.2 Å². The van der Waals surface area contributed by atoms with Crippen LogP contribution >= 0.6 is 0 Å². The zero-order valence-electron chi connectivity index (χ0n) is 12.6. The van der Waals surface area contributed by atoms with Crippen molar-refractivity contribution in [1.82, 2.24) is 5.32 Å². The third kappa shape index (κ3) is 2.99. The molecular formula is C17H24N2O2. The number of carbonyl (C=O) groups excluding carboxylic acids is 1. The maximum absolute atomic E-state index is 12.2. The van der Waals surface area contributed by atoms with Gasteiger partial charge in [0.15, 0.2) is 0 Å². The number of nitrogens with two attached hydrogens (primary N) is 1. The molecule has 2 bridgehead atoms. The molecule has 0 radical (unpaired) electrons. The van der Waals surface area contributed by atoms with Crippen LogP contribution in [0.4, 0.5) is 5.69 Å². The molecule has 114 valence electrons. The fourth-order valence-corrected chi connectivity index (χ4v) is 3.93. The molecule has 1 aromatic carbocycles. The van der Waals surface area contributed by atoms with Crippen molar-refractivity contribution in [3.63, 3.8) is 0 Å². The van der Waals surface area contributed by atoms with Crippen molar-refractivity contribution >= 4 is 11.6 Å². The normalized spacial score (nSPS) is 26.8. The summed E-state index contributed by atoms with van der Waals surface area (Å²) in [5, 5.41) is 3.07. The molecule has 4 nitrogen and oxygen atoms in total. The number of nitrogens with one attached hydrogen (secondary N) is 1. The Morgan fingerprint density at radius 2 is 2.24 bits per heavy atom. The first-order chi connectivity index (χ1) is 10.2. The van der Waals surface area contributed by atoms with E-state index in [0.717, 1.165) is 18.4 Å². The number of anilines is 1. The average Bonchev–Trinajstić information content (AvgIpc) is 3.09. The van der Waals surface area contributed by atoms with Crippen LogP contribution in [0, 0.1) is 17.8 Å². The molecule has 2 fully saturated rings. The molecule has 3 atom stereocenters. The van der Waals surface area contributed by atoms with E-state index in [-0.39, 0.29) is 5.91 Å². The van der Waals surface area contributed by atoms with E-state index in [1.54, 1.807) is 18.2 Å². The number of nitrogen functional groups attached to an aromatic ring is 1. The lowest BCUT2D eigenvalue weighted by Gasteiger charge is -2.21. The van der Waals surface area contributed by atoms with Crippen molar-refractivity contribution in [2.45, 2.75) is 32.6 Å².